The molecule has 2 rings (SSSR count). The largest absolute Gasteiger partial charge is 0.507 e. The number of nitrogens with one attached hydrogen (secondary N) is 1. The van der Waals surface area contributed by atoms with Crippen LogP contribution in [0.3, 0.4) is 0 Å². The SMILES string of the molecule is COC(=O)c1c(O)cc(OC)cc1/C=C/c1cc[nH]c1. The molecule has 0 saturated heterocycles. The van der Waals surface area contributed by atoms with Gasteiger partial charge in [0.1, 0.15) is 17.1 Å². The molecule has 0 aliphatic heterocycles. The standard InChI is InChI=1S/C15H15NO4/c1-19-12-7-11(4-3-10-5-6-16-9-10)14(13(17)8-12)15(18)20-2/h3-9,16-17H,1-2H3/b4-3+. The number of aromatic nitrogens is 1. The summed E-state index contributed by atoms with van der Waals surface area (Å²) in [6.45, 7) is 0. The van der Waals surface area contributed by atoms with Crippen molar-refractivity contribution < 1.29 is 19.4 Å². The first-order chi connectivity index (χ1) is 9.65. The van der Waals surface area contributed by atoms with Gasteiger partial charge in [0, 0.05) is 18.5 Å². The quantitative estimate of drug-likeness (QED) is 0.840. The van der Waals surface area contributed by atoms with E-state index in [1.165, 1.54) is 20.3 Å². The van der Waals surface area contributed by atoms with Gasteiger partial charge in [-0.15, -0.1) is 0 Å². The van der Waals surface area contributed by atoms with Crippen LogP contribution in [-0.4, -0.2) is 30.3 Å². The van der Waals surface area contributed by atoms with Crippen LogP contribution in [-0.2, 0) is 4.74 Å². The molecule has 104 valence electrons. The average Bonchev–Trinajstić information content (AvgIpc) is 2.97. The van der Waals surface area contributed by atoms with Crippen molar-refractivity contribution in [2.75, 3.05) is 14.2 Å². The fraction of sp³-hybridized carbons (Fsp3) is 0.133. The molecular weight excluding hydrogens is 258 g/mol. The Morgan fingerprint density at radius 2 is 2.10 bits per heavy atom. The minimum Gasteiger partial charge on any atom is -0.507 e. The van der Waals surface area contributed by atoms with E-state index in [0.717, 1.165) is 5.56 Å². The molecule has 0 spiro atoms. The summed E-state index contributed by atoms with van der Waals surface area (Å²) in [7, 11) is 2.76. The molecule has 0 unspecified atom stereocenters. The molecule has 0 atom stereocenters. The summed E-state index contributed by atoms with van der Waals surface area (Å²) >= 11 is 0. The predicted molar refractivity (Wildman–Crippen MR) is 75.7 cm³/mol. The van der Waals surface area contributed by atoms with E-state index in [-0.39, 0.29) is 11.3 Å². The number of hydrogen-bond donors (Lipinski definition) is 2. The summed E-state index contributed by atoms with van der Waals surface area (Å²) < 4.78 is 9.78. The highest BCUT2D eigenvalue weighted by molar-refractivity contribution is 5.98. The highest BCUT2D eigenvalue weighted by Gasteiger charge is 2.17. The van der Waals surface area contributed by atoms with E-state index in [1.807, 2.05) is 18.3 Å². The Labute approximate surface area is 116 Å². The fourth-order valence-electron chi connectivity index (χ4n) is 1.82. The average molecular weight is 273 g/mol. The van der Waals surface area contributed by atoms with Gasteiger partial charge in [0.2, 0.25) is 0 Å². The van der Waals surface area contributed by atoms with E-state index in [9.17, 15) is 9.90 Å². The maximum atomic E-state index is 11.8. The molecule has 0 radical (unpaired) electrons. The number of aromatic hydroxyl groups is 1. The van der Waals surface area contributed by atoms with E-state index in [4.69, 9.17) is 4.74 Å². The number of carbonyl (C=O) groups excluding carboxylic acids is 1. The van der Waals surface area contributed by atoms with Crippen LogP contribution in [0.1, 0.15) is 21.5 Å². The van der Waals surface area contributed by atoms with Crippen molar-refractivity contribution in [3.05, 3.63) is 47.3 Å². The van der Waals surface area contributed by atoms with Crippen molar-refractivity contribution in [1.82, 2.24) is 4.98 Å². The van der Waals surface area contributed by atoms with Crippen LogP contribution in [0.2, 0.25) is 0 Å². The number of rotatable bonds is 4. The molecule has 20 heavy (non-hydrogen) atoms. The monoisotopic (exact) mass is 273 g/mol. The lowest BCUT2D eigenvalue weighted by Gasteiger charge is -2.09. The zero-order chi connectivity index (χ0) is 14.5. The molecule has 1 aromatic carbocycles. The molecule has 0 fully saturated rings. The van der Waals surface area contributed by atoms with Crippen molar-refractivity contribution in [2.45, 2.75) is 0 Å². The molecular formula is C15H15NO4. The molecule has 2 aromatic rings. The van der Waals surface area contributed by atoms with Crippen molar-refractivity contribution in [1.29, 1.82) is 0 Å². The number of phenols is 1. The lowest BCUT2D eigenvalue weighted by molar-refractivity contribution is 0.0597. The minimum absolute atomic E-state index is 0.111. The molecule has 1 heterocycles. The highest BCUT2D eigenvalue weighted by Crippen LogP contribution is 2.29. The summed E-state index contributed by atoms with van der Waals surface area (Å²) in [6.07, 6.45) is 7.15. The van der Waals surface area contributed by atoms with Gasteiger partial charge in [0.15, 0.2) is 0 Å². The van der Waals surface area contributed by atoms with Crippen molar-refractivity contribution in [3.8, 4) is 11.5 Å². The molecule has 0 amide bonds. The smallest absolute Gasteiger partial charge is 0.342 e. The third-order valence-electron chi connectivity index (χ3n) is 2.82. The molecule has 0 saturated carbocycles. The van der Waals surface area contributed by atoms with E-state index >= 15 is 0 Å². The number of aromatic amines is 1. The molecule has 0 aliphatic rings. The van der Waals surface area contributed by atoms with Crippen molar-refractivity contribution in [3.63, 3.8) is 0 Å². The van der Waals surface area contributed by atoms with Gasteiger partial charge in [-0.3, -0.25) is 0 Å². The summed E-state index contributed by atoms with van der Waals surface area (Å²) in [5.41, 5.74) is 1.58. The zero-order valence-corrected chi connectivity index (χ0v) is 11.2. The first kappa shape index (κ1) is 13.7. The Kier molecular flexibility index (Phi) is 4.10. The zero-order valence-electron chi connectivity index (χ0n) is 11.2. The number of benzene rings is 1. The summed E-state index contributed by atoms with van der Waals surface area (Å²) in [5.74, 6) is -0.312. The first-order valence-corrected chi connectivity index (χ1v) is 5.96. The van der Waals surface area contributed by atoms with Gasteiger partial charge >= 0.3 is 5.97 Å². The van der Waals surface area contributed by atoms with Crippen LogP contribution in [0.4, 0.5) is 0 Å². The topological polar surface area (TPSA) is 71.6 Å². The van der Waals surface area contributed by atoms with Crippen LogP contribution >= 0.6 is 0 Å². The molecule has 5 heteroatoms. The molecule has 2 N–H and O–H groups in total. The van der Waals surface area contributed by atoms with Crippen LogP contribution in [0, 0.1) is 0 Å². The summed E-state index contributed by atoms with van der Waals surface area (Å²) in [4.78, 5) is 14.7. The second-order valence-corrected chi connectivity index (χ2v) is 4.08. The Morgan fingerprint density at radius 3 is 2.70 bits per heavy atom. The minimum atomic E-state index is -0.598. The van der Waals surface area contributed by atoms with Gasteiger partial charge < -0.3 is 19.6 Å². The number of H-pyrrole nitrogens is 1. The van der Waals surface area contributed by atoms with Gasteiger partial charge in [-0.1, -0.05) is 12.2 Å². The Balaban J connectivity index is 2.48. The Hall–Kier alpha value is -2.69. The normalized spacial score (nSPS) is 10.7. The summed E-state index contributed by atoms with van der Waals surface area (Å²) in [6, 6.07) is 4.92. The van der Waals surface area contributed by atoms with Crippen molar-refractivity contribution in [2.24, 2.45) is 0 Å². The number of ether oxygens (including phenoxy) is 2. The maximum absolute atomic E-state index is 11.8. The van der Waals surface area contributed by atoms with Gasteiger partial charge in [-0.25, -0.2) is 4.79 Å². The van der Waals surface area contributed by atoms with Crippen LogP contribution < -0.4 is 4.74 Å². The third-order valence-corrected chi connectivity index (χ3v) is 2.82. The van der Waals surface area contributed by atoms with Crippen molar-refractivity contribution >= 4 is 18.1 Å². The molecule has 1 aromatic heterocycles. The van der Waals surface area contributed by atoms with E-state index in [2.05, 4.69) is 9.72 Å². The second-order valence-electron chi connectivity index (χ2n) is 4.08. The van der Waals surface area contributed by atoms with Gasteiger partial charge in [0.05, 0.1) is 14.2 Å². The van der Waals surface area contributed by atoms with Crippen LogP contribution in [0.5, 0.6) is 11.5 Å². The number of phenolic OH excluding ortho intramolecular Hbond substituents is 1. The lowest BCUT2D eigenvalue weighted by Crippen LogP contribution is -2.04. The molecule has 0 aliphatic carbocycles. The fourth-order valence-corrected chi connectivity index (χ4v) is 1.82. The molecule has 0 bridgehead atoms. The highest BCUT2D eigenvalue weighted by atomic mass is 16.5. The van der Waals surface area contributed by atoms with Crippen LogP contribution in [0.15, 0.2) is 30.6 Å². The second kappa shape index (κ2) is 5.97. The Morgan fingerprint density at radius 1 is 1.30 bits per heavy atom. The van der Waals surface area contributed by atoms with Gasteiger partial charge in [-0.05, 0) is 23.3 Å². The number of carbonyl (C=O) groups is 1. The maximum Gasteiger partial charge on any atom is 0.342 e. The van der Waals surface area contributed by atoms with Gasteiger partial charge in [0.25, 0.3) is 0 Å². The summed E-state index contributed by atoms with van der Waals surface area (Å²) in [5, 5.41) is 9.94. The van der Waals surface area contributed by atoms with Crippen LogP contribution in [0.25, 0.3) is 12.2 Å². The van der Waals surface area contributed by atoms with Gasteiger partial charge in [-0.2, -0.15) is 0 Å². The Bertz CT molecular complexity index is 630. The molecule has 5 nitrogen and oxygen atoms in total. The van der Waals surface area contributed by atoms with E-state index in [1.54, 1.807) is 18.3 Å². The first-order valence-electron chi connectivity index (χ1n) is 5.96. The number of hydrogen-bond acceptors (Lipinski definition) is 4. The number of methoxy groups -OCH3 is 2. The lowest BCUT2D eigenvalue weighted by atomic mass is 10.0. The number of esters is 1. The van der Waals surface area contributed by atoms with E-state index in [0.29, 0.717) is 11.3 Å². The van der Waals surface area contributed by atoms with E-state index < -0.39 is 5.97 Å². The predicted octanol–water partition coefficient (Wildman–Crippen LogP) is 2.69. The third kappa shape index (κ3) is 2.83.